The highest BCUT2D eigenvalue weighted by atomic mass is 16.6. The van der Waals surface area contributed by atoms with Crippen molar-refractivity contribution in [3.05, 3.63) is 53.7 Å². The van der Waals surface area contributed by atoms with E-state index in [1.807, 2.05) is 18.2 Å². The Balaban J connectivity index is 1.14. The molecule has 4 heterocycles. The number of piperidine rings is 1. The number of methoxy groups -OCH3 is 1. The van der Waals surface area contributed by atoms with Crippen molar-refractivity contribution in [1.29, 1.82) is 0 Å². The summed E-state index contributed by atoms with van der Waals surface area (Å²) in [5.41, 5.74) is 3.44. The van der Waals surface area contributed by atoms with E-state index in [1.54, 1.807) is 19.4 Å². The zero-order valence-electron chi connectivity index (χ0n) is 18.9. The minimum Gasteiger partial charge on any atom is -0.486 e. The molecule has 0 bridgehead atoms. The molecule has 2 aromatic heterocycles. The Hall–Kier alpha value is -2.94. The minimum atomic E-state index is -0.627. The van der Waals surface area contributed by atoms with E-state index in [4.69, 9.17) is 14.2 Å². The van der Waals surface area contributed by atoms with Crippen molar-refractivity contribution in [3.63, 3.8) is 0 Å². The number of pyridine rings is 2. The number of ether oxygens (including phenoxy) is 3. The number of fused-ring (bicyclic) bond motifs is 2. The van der Waals surface area contributed by atoms with Crippen molar-refractivity contribution < 1.29 is 19.3 Å². The molecule has 1 aromatic carbocycles. The standard InChI is InChI=1S/C25H30N4O4/c1-31-24-5-3-20-25(28-24)19(6-9-26-20)21(30)16-29-10-7-18(8-11-29)27-15-17-2-4-22-23(14-17)33-13-12-32-22/h2-6,9,14,18,21,27,30H,7-8,10-13,15-16H2,1H3/t21-/m0/s1. The van der Waals surface area contributed by atoms with E-state index in [1.165, 1.54) is 5.56 Å². The molecule has 2 aliphatic heterocycles. The predicted molar refractivity (Wildman–Crippen MR) is 125 cm³/mol. The first kappa shape index (κ1) is 21.9. The topological polar surface area (TPSA) is 89.0 Å². The van der Waals surface area contributed by atoms with Crippen LogP contribution in [-0.2, 0) is 6.54 Å². The van der Waals surface area contributed by atoms with Crippen LogP contribution in [0.2, 0.25) is 0 Å². The quantitative estimate of drug-likeness (QED) is 0.568. The van der Waals surface area contributed by atoms with Crippen LogP contribution in [0.1, 0.15) is 30.1 Å². The number of nitrogens with one attached hydrogen (secondary N) is 1. The van der Waals surface area contributed by atoms with Gasteiger partial charge in [0.25, 0.3) is 0 Å². The Morgan fingerprint density at radius 3 is 2.76 bits per heavy atom. The number of benzene rings is 1. The zero-order chi connectivity index (χ0) is 22.6. The Bertz CT molecular complexity index is 1100. The molecule has 8 nitrogen and oxygen atoms in total. The van der Waals surface area contributed by atoms with Gasteiger partial charge in [0, 0.05) is 37.0 Å². The van der Waals surface area contributed by atoms with Gasteiger partial charge in [0.15, 0.2) is 11.5 Å². The van der Waals surface area contributed by atoms with E-state index in [-0.39, 0.29) is 0 Å². The number of rotatable bonds is 7. The van der Waals surface area contributed by atoms with Crippen LogP contribution in [-0.4, -0.2) is 66.0 Å². The van der Waals surface area contributed by atoms with Gasteiger partial charge in [-0.15, -0.1) is 0 Å². The molecule has 33 heavy (non-hydrogen) atoms. The Morgan fingerprint density at radius 2 is 1.94 bits per heavy atom. The first-order valence-electron chi connectivity index (χ1n) is 11.5. The van der Waals surface area contributed by atoms with Crippen LogP contribution in [0, 0.1) is 0 Å². The summed E-state index contributed by atoms with van der Waals surface area (Å²) in [6.07, 6.45) is 3.18. The van der Waals surface area contributed by atoms with Gasteiger partial charge in [0.2, 0.25) is 5.88 Å². The number of aliphatic hydroxyl groups excluding tert-OH is 1. The van der Waals surface area contributed by atoms with Gasteiger partial charge in [-0.05, 0) is 55.8 Å². The molecule has 0 radical (unpaired) electrons. The number of nitrogens with zero attached hydrogens (tertiary/aromatic N) is 3. The summed E-state index contributed by atoms with van der Waals surface area (Å²) in [7, 11) is 1.59. The molecular formula is C25H30N4O4. The Labute approximate surface area is 193 Å². The van der Waals surface area contributed by atoms with Crippen LogP contribution < -0.4 is 19.5 Å². The Morgan fingerprint density at radius 1 is 1.12 bits per heavy atom. The molecule has 1 atom stereocenters. The summed E-state index contributed by atoms with van der Waals surface area (Å²) in [6.45, 7) is 4.48. The minimum absolute atomic E-state index is 0.458. The number of likely N-dealkylation sites (tertiary alicyclic amines) is 1. The maximum absolute atomic E-state index is 11.0. The average molecular weight is 451 g/mol. The lowest BCUT2D eigenvalue weighted by Gasteiger charge is -2.33. The van der Waals surface area contributed by atoms with E-state index in [0.29, 0.717) is 37.2 Å². The lowest BCUT2D eigenvalue weighted by atomic mass is 10.0. The van der Waals surface area contributed by atoms with Crippen LogP contribution in [0.15, 0.2) is 42.6 Å². The lowest BCUT2D eigenvalue weighted by molar-refractivity contribution is 0.0947. The third kappa shape index (κ3) is 5.03. The van der Waals surface area contributed by atoms with Crippen molar-refractivity contribution in [2.75, 3.05) is 40.0 Å². The highest BCUT2D eigenvalue weighted by molar-refractivity contribution is 5.78. The van der Waals surface area contributed by atoms with Crippen LogP contribution >= 0.6 is 0 Å². The molecule has 1 saturated heterocycles. The first-order valence-corrected chi connectivity index (χ1v) is 11.5. The van der Waals surface area contributed by atoms with Gasteiger partial charge in [0.05, 0.1) is 24.2 Å². The fraction of sp³-hybridized carbons (Fsp3) is 0.440. The van der Waals surface area contributed by atoms with E-state index in [0.717, 1.165) is 55.1 Å². The van der Waals surface area contributed by atoms with Crippen molar-refractivity contribution in [3.8, 4) is 17.4 Å². The first-order chi connectivity index (χ1) is 16.2. The average Bonchev–Trinajstić information content (AvgIpc) is 2.87. The van der Waals surface area contributed by atoms with Gasteiger partial charge >= 0.3 is 0 Å². The number of aliphatic hydroxyl groups is 1. The van der Waals surface area contributed by atoms with Crippen LogP contribution in [0.3, 0.4) is 0 Å². The normalized spacial score (nSPS) is 17.8. The molecule has 3 aromatic rings. The molecule has 0 saturated carbocycles. The lowest BCUT2D eigenvalue weighted by Crippen LogP contribution is -2.43. The molecular weight excluding hydrogens is 420 g/mol. The summed E-state index contributed by atoms with van der Waals surface area (Å²) in [4.78, 5) is 11.2. The molecule has 0 amide bonds. The van der Waals surface area contributed by atoms with E-state index < -0.39 is 6.10 Å². The van der Waals surface area contributed by atoms with Crippen molar-refractivity contribution in [1.82, 2.24) is 20.2 Å². The number of hydrogen-bond acceptors (Lipinski definition) is 8. The van der Waals surface area contributed by atoms with Gasteiger partial charge in [-0.25, -0.2) is 4.98 Å². The molecule has 0 unspecified atom stereocenters. The summed E-state index contributed by atoms with van der Waals surface area (Å²) in [5, 5.41) is 14.6. The Kier molecular flexibility index (Phi) is 6.57. The zero-order valence-corrected chi connectivity index (χ0v) is 18.9. The third-order valence-corrected chi connectivity index (χ3v) is 6.38. The summed E-state index contributed by atoms with van der Waals surface area (Å²) in [6, 6.07) is 12.1. The van der Waals surface area contributed by atoms with Gasteiger partial charge in [-0.2, -0.15) is 0 Å². The smallest absolute Gasteiger partial charge is 0.213 e. The molecule has 174 valence electrons. The van der Waals surface area contributed by atoms with Gasteiger partial charge in [0.1, 0.15) is 13.2 Å². The third-order valence-electron chi connectivity index (χ3n) is 6.38. The SMILES string of the molecule is COc1ccc2nccc([C@@H](O)CN3CCC(NCc4ccc5c(c4)OCCO5)CC3)c2n1. The fourth-order valence-electron chi connectivity index (χ4n) is 4.53. The van der Waals surface area contributed by atoms with Crippen molar-refractivity contribution in [2.45, 2.75) is 31.5 Å². The highest BCUT2D eigenvalue weighted by Gasteiger charge is 2.23. The number of hydrogen-bond donors (Lipinski definition) is 2. The van der Waals surface area contributed by atoms with E-state index in [9.17, 15) is 5.11 Å². The molecule has 0 spiro atoms. The fourth-order valence-corrected chi connectivity index (χ4v) is 4.53. The predicted octanol–water partition coefficient (Wildman–Crippen LogP) is 2.70. The van der Waals surface area contributed by atoms with Crippen molar-refractivity contribution in [2.24, 2.45) is 0 Å². The monoisotopic (exact) mass is 450 g/mol. The maximum atomic E-state index is 11.0. The number of β-amino-alcohol motifs (C(OH)–C–C–N with tert-alkyl or cyclic N) is 1. The largest absolute Gasteiger partial charge is 0.486 e. The van der Waals surface area contributed by atoms with E-state index >= 15 is 0 Å². The van der Waals surface area contributed by atoms with Crippen molar-refractivity contribution >= 4 is 11.0 Å². The van der Waals surface area contributed by atoms with Crippen LogP contribution in [0.25, 0.3) is 11.0 Å². The van der Waals surface area contributed by atoms with E-state index in [2.05, 4.69) is 32.3 Å². The molecule has 1 fully saturated rings. The second kappa shape index (κ2) is 9.91. The summed E-state index contributed by atoms with van der Waals surface area (Å²) >= 11 is 0. The highest BCUT2D eigenvalue weighted by Crippen LogP contribution is 2.31. The molecule has 0 aliphatic carbocycles. The van der Waals surface area contributed by atoms with Gasteiger partial charge in [-0.3, -0.25) is 4.98 Å². The van der Waals surface area contributed by atoms with Crippen LogP contribution in [0.4, 0.5) is 0 Å². The maximum Gasteiger partial charge on any atom is 0.213 e. The molecule has 5 rings (SSSR count). The molecule has 2 N–H and O–H groups in total. The van der Waals surface area contributed by atoms with Gasteiger partial charge in [-0.1, -0.05) is 6.07 Å². The molecule has 8 heteroatoms. The second-order valence-electron chi connectivity index (χ2n) is 8.57. The second-order valence-corrected chi connectivity index (χ2v) is 8.57. The number of aromatic nitrogens is 2. The molecule has 2 aliphatic rings. The summed E-state index contributed by atoms with van der Waals surface area (Å²) < 4.78 is 16.5. The van der Waals surface area contributed by atoms with Gasteiger partial charge < -0.3 is 29.5 Å². The summed E-state index contributed by atoms with van der Waals surface area (Å²) in [5.74, 6) is 2.18. The van der Waals surface area contributed by atoms with Crippen LogP contribution in [0.5, 0.6) is 17.4 Å².